The first-order valence-electron chi connectivity index (χ1n) is 10.7. The summed E-state index contributed by atoms with van der Waals surface area (Å²) in [6.07, 6.45) is 7.72. The zero-order valence-corrected chi connectivity index (χ0v) is 17.0. The summed E-state index contributed by atoms with van der Waals surface area (Å²) in [6.45, 7) is 1.25. The molecule has 1 N–H and O–H groups in total. The van der Waals surface area contributed by atoms with Crippen LogP contribution >= 0.6 is 11.3 Å². The minimum Gasteiger partial charge on any atom is -0.358 e. The Hall–Kier alpha value is -2.10. The highest BCUT2D eigenvalue weighted by Gasteiger charge is 2.41. The molecule has 0 unspecified atom stereocenters. The van der Waals surface area contributed by atoms with E-state index >= 15 is 0 Å². The number of para-hydroxylation sites is 1. The third-order valence-corrected chi connectivity index (χ3v) is 7.99. The van der Waals surface area contributed by atoms with Crippen LogP contribution in [0.4, 0.5) is 0 Å². The molecule has 4 heterocycles. The number of hydrogen-bond acceptors (Lipinski definition) is 2. The second-order valence-corrected chi connectivity index (χ2v) is 9.63. The number of aromatic amines is 1. The summed E-state index contributed by atoms with van der Waals surface area (Å²) in [7, 11) is 0. The van der Waals surface area contributed by atoms with E-state index in [-0.39, 0.29) is 0 Å². The van der Waals surface area contributed by atoms with E-state index in [1.54, 1.807) is 10.4 Å². The van der Waals surface area contributed by atoms with Crippen molar-refractivity contribution in [2.45, 2.75) is 50.6 Å². The third-order valence-electron chi connectivity index (χ3n) is 6.81. The van der Waals surface area contributed by atoms with Gasteiger partial charge in [-0.2, -0.15) is 0 Å². The van der Waals surface area contributed by atoms with E-state index in [9.17, 15) is 0 Å². The van der Waals surface area contributed by atoms with Crippen molar-refractivity contribution >= 4 is 32.3 Å². The van der Waals surface area contributed by atoms with Crippen molar-refractivity contribution in [1.29, 1.82) is 0 Å². The van der Waals surface area contributed by atoms with E-state index in [2.05, 4.69) is 64.5 Å². The Kier molecular flexibility index (Phi) is 4.06. The second kappa shape index (κ2) is 6.75. The molecule has 28 heavy (non-hydrogen) atoms. The molecule has 2 aliphatic rings. The first-order chi connectivity index (χ1) is 13.9. The number of nitrogens with one attached hydrogen (secondary N) is 1. The number of hydrogen-bond donors (Lipinski definition) is 1. The topological polar surface area (TPSA) is 19.0 Å². The Morgan fingerprint density at radius 1 is 1.00 bits per heavy atom. The summed E-state index contributed by atoms with van der Waals surface area (Å²) in [5.41, 5.74) is 4.44. The Morgan fingerprint density at radius 2 is 1.89 bits per heavy atom. The molecule has 0 saturated carbocycles. The molecule has 1 saturated heterocycles. The van der Waals surface area contributed by atoms with Crippen LogP contribution in [-0.4, -0.2) is 22.5 Å². The molecular formula is C25H26N2S. The van der Waals surface area contributed by atoms with Gasteiger partial charge in [-0.3, -0.25) is 4.90 Å². The van der Waals surface area contributed by atoms with Gasteiger partial charge in [0.05, 0.1) is 0 Å². The molecule has 2 atom stereocenters. The normalized spacial score (nSPS) is 21.6. The summed E-state index contributed by atoms with van der Waals surface area (Å²) in [5.74, 6) is 0. The average molecular weight is 387 g/mol. The molecular weight excluding hydrogens is 360 g/mol. The van der Waals surface area contributed by atoms with Gasteiger partial charge in [0.25, 0.3) is 0 Å². The van der Waals surface area contributed by atoms with Crippen molar-refractivity contribution in [3.63, 3.8) is 0 Å². The van der Waals surface area contributed by atoms with E-state index in [1.165, 1.54) is 71.8 Å². The fourth-order valence-corrected chi connectivity index (χ4v) is 6.66. The smallest absolute Gasteiger partial charge is 0.0459 e. The van der Waals surface area contributed by atoms with Gasteiger partial charge in [0, 0.05) is 44.7 Å². The van der Waals surface area contributed by atoms with Crippen LogP contribution in [0.25, 0.3) is 21.0 Å². The minimum absolute atomic E-state index is 0.634. The van der Waals surface area contributed by atoms with Gasteiger partial charge < -0.3 is 4.98 Å². The van der Waals surface area contributed by atoms with Crippen molar-refractivity contribution in [1.82, 2.24) is 9.88 Å². The maximum absolute atomic E-state index is 3.71. The molecule has 0 aliphatic carbocycles. The van der Waals surface area contributed by atoms with Crippen LogP contribution in [0.15, 0.2) is 54.6 Å². The van der Waals surface area contributed by atoms with Crippen molar-refractivity contribution in [2.75, 3.05) is 6.54 Å². The van der Waals surface area contributed by atoms with Gasteiger partial charge in [0.2, 0.25) is 0 Å². The maximum atomic E-state index is 3.71. The summed E-state index contributed by atoms with van der Waals surface area (Å²) in [6, 6.07) is 21.4. The summed E-state index contributed by atoms with van der Waals surface area (Å²) in [5, 5.41) is 2.86. The Bertz CT molecular complexity index is 1100. The average Bonchev–Trinajstić information content (AvgIpc) is 3.37. The molecule has 4 aromatic rings. The van der Waals surface area contributed by atoms with Crippen molar-refractivity contribution < 1.29 is 0 Å². The maximum Gasteiger partial charge on any atom is 0.0459 e. The number of unbranched alkanes of at least 4 members (excludes halogenated alkanes) is 1. The lowest BCUT2D eigenvalue weighted by Crippen LogP contribution is -2.37. The molecule has 6 rings (SSSR count). The van der Waals surface area contributed by atoms with Crippen molar-refractivity contribution in [2.24, 2.45) is 0 Å². The number of aryl methyl sites for hydroxylation is 1. The van der Waals surface area contributed by atoms with Crippen LogP contribution in [0.3, 0.4) is 0 Å². The zero-order chi connectivity index (χ0) is 18.5. The largest absolute Gasteiger partial charge is 0.358 e. The van der Waals surface area contributed by atoms with Gasteiger partial charge in [-0.1, -0.05) is 36.4 Å². The number of rotatable bonds is 5. The molecule has 142 valence electrons. The van der Waals surface area contributed by atoms with Crippen LogP contribution < -0.4 is 0 Å². The van der Waals surface area contributed by atoms with E-state index in [0.29, 0.717) is 6.04 Å². The lowest BCUT2D eigenvalue weighted by molar-refractivity contribution is 0.174. The number of thiophene rings is 1. The van der Waals surface area contributed by atoms with Gasteiger partial charge in [-0.15, -0.1) is 11.3 Å². The summed E-state index contributed by atoms with van der Waals surface area (Å²) in [4.78, 5) is 8.08. The highest BCUT2D eigenvalue weighted by atomic mass is 32.1. The number of fused-ring (bicyclic) bond motifs is 7. The first kappa shape index (κ1) is 16.8. The highest BCUT2D eigenvalue weighted by Crippen LogP contribution is 2.46. The van der Waals surface area contributed by atoms with Crippen molar-refractivity contribution in [3.8, 4) is 0 Å². The van der Waals surface area contributed by atoms with E-state index in [1.807, 2.05) is 11.3 Å². The van der Waals surface area contributed by atoms with Crippen molar-refractivity contribution in [3.05, 3.63) is 70.7 Å². The lowest BCUT2D eigenvalue weighted by Gasteiger charge is -2.35. The molecule has 0 spiro atoms. The predicted molar refractivity (Wildman–Crippen MR) is 119 cm³/mol. The molecule has 0 amide bonds. The minimum atomic E-state index is 0.634. The van der Waals surface area contributed by atoms with Gasteiger partial charge in [0.1, 0.15) is 0 Å². The molecule has 2 aromatic carbocycles. The number of aromatic nitrogens is 1. The van der Waals surface area contributed by atoms with Gasteiger partial charge in [-0.25, -0.2) is 0 Å². The monoisotopic (exact) mass is 386 g/mol. The zero-order valence-electron chi connectivity index (χ0n) is 16.2. The Morgan fingerprint density at radius 3 is 2.86 bits per heavy atom. The fraction of sp³-hybridized carbons (Fsp3) is 0.360. The molecule has 0 radical (unpaired) electrons. The SMILES string of the molecule is c1ccc2sc(CCCCN3[C@H]4CC[C@@H]3c3c([nH]c5ccccc35)C4)cc2c1. The van der Waals surface area contributed by atoms with Crippen LogP contribution in [0.5, 0.6) is 0 Å². The summed E-state index contributed by atoms with van der Waals surface area (Å²) >= 11 is 1.97. The van der Waals surface area contributed by atoms with E-state index in [4.69, 9.17) is 0 Å². The summed E-state index contributed by atoms with van der Waals surface area (Å²) < 4.78 is 1.43. The van der Waals surface area contributed by atoms with Gasteiger partial charge in [-0.05, 0) is 67.8 Å². The lowest BCUT2D eigenvalue weighted by atomic mass is 9.96. The second-order valence-electron chi connectivity index (χ2n) is 8.46. The van der Waals surface area contributed by atoms with E-state index < -0.39 is 0 Å². The number of H-pyrrole nitrogens is 1. The van der Waals surface area contributed by atoms with Crippen LogP contribution in [0.2, 0.25) is 0 Å². The first-order valence-corrected chi connectivity index (χ1v) is 11.5. The standard InChI is InChI=1S/C25H26N2S/c1-4-11-24-17(7-1)15-19(28-24)8-5-6-14-27-18-12-13-23(27)25-20-9-2-3-10-21(20)26-22(25)16-18/h1-4,7,9-11,15,18,23,26H,5-6,8,12-14,16H2/t18-,23+/m0/s1. The quantitative estimate of drug-likeness (QED) is 0.390. The molecule has 2 aliphatic heterocycles. The fourth-order valence-electron chi connectivity index (χ4n) is 5.55. The molecule has 1 fully saturated rings. The third kappa shape index (κ3) is 2.72. The van der Waals surface area contributed by atoms with Crippen LogP contribution in [-0.2, 0) is 12.8 Å². The van der Waals surface area contributed by atoms with Crippen LogP contribution in [0, 0.1) is 0 Å². The van der Waals surface area contributed by atoms with E-state index in [0.717, 1.165) is 6.04 Å². The highest BCUT2D eigenvalue weighted by molar-refractivity contribution is 7.19. The molecule has 2 aromatic heterocycles. The number of nitrogens with zero attached hydrogens (tertiary/aromatic N) is 1. The van der Waals surface area contributed by atoms with Gasteiger partial charge in [0.15, 0.2) is 0 Å². The Labute approximate surface area is 170 Å². The molecule has 2 nitrogen and oxygen atoms in total. The van der Waals surface area contributed by atoms with Gasteiger partial charge >= 0.3 is 0 Å². The Balaban J connectivity index is 1.14. The van der Waals surface area contributed by atoms with Crippen LogP contribution in [0.1, 0.15) is 47.9 Å². The molecule has 2 bridgehead atoms. The predicted octanol–water partition coefficient (Wildman–Crippen LogP) is 6.47. The number of benzene rings is 2. The molecule has 3 heteroatoms.